The summed E-state index contributed by atoms with van der Waals surface area (Å²) in [5.41, 5.74) is -1.38. The molecule has 5 nitrogen and oxygen atoms in total. The van der Waals surface area contributed by atoms with E-state index >= 15 is 0 Å². The van der Waals surface area contributed by atoms with Gasteiger partial charge in [-0.25, -0.2) is 9.59 Å². The van der Waals surface area contributed by atoms with E-state index in [1.54, 1.807) is 20.8 Å². The second-order valence-electron chi connectivity index (χ2n) is 3.37. The topological polar surface area (TPSA) is 83.8 Å². The molecule has 0 aliphatic heterocycles. The van der Waals surface area contributed by atoms with Crippen molar-refractivity contribution in [2.45, 2.75) is 26.4 Å². The van der Waals surface area contributed by atoms with Gasteiger partial charge in [0.2, 0.25) is 0 Å². The first-order valence-corrected chi connectivity index (χ1v) is 3.58. The van der Waals surface area contributed by atoms with Gasteiger partial charge in [0, 0.05) is 0 Å². The Hall–Kier alpha value is -1.52. The molecule has 0 aromatic carbocycles. The average Bonchev–Trinajstić information content (AvgIpc) is 1.82. The van der Waals surface area contributed by atoms with E-state index in [4.69, 9.17) is 14.9 Å². The molecule has 0 spiro atoms. The van der Waals surface area contributed by atoms with E-state index in [0.717, 1.165) is 6.26 Å². The van der Waals surface area contributed by atoms with Crippen molar-refractivity contribution >= 4 is 11.9 Å². The number of carboxylic acids is 2. The van der Waals surface area contributed by atoms with Crippen LogP contribution in [-0.2, 0) is 14.3 Å². The molecule has 0 aromatic heterocycles. The van der Waals surface area contributed by atoms with Crippen LogP contribution in [0.25, 0.3) is 0 Å². The van der Waals surface area contributed by atoms with Crippen molar-refractivity contribution in [2.24, 2.45) is 0 Å². The quantitative estimate of drug-likeness (QED) is 0.297. The van der Waals surface area contributed by atoms with Gasteiger partial charge in [-0.1, -0.05) is 0 Å². The van der Waals surface area contributed by atoms with Gasteiger partial charge in [-0.3, -0.25) is 0 Å². The van der Waals surface area contributed by atoms with Gasteiger partial charge in [-0.15, -0.1) is 0 Å². The third kappa shape index (κ3) is 4.84. The number of aliphatic carboxylic acids is 2. The molecule has 0 fully saturated rings. The van der Waals surface area contributed by atoms with Crippen molar-refractivity contribution in [1.82, 2.24) is 0 Å². The average molecular weight is 188 g/mol. The van der Waals surface area contributed by atoms with Gasteiger partial charge in [0.25, 0.3) is 0 Å². The van der Waals surface area contributed by atoms with Crippen molar-refractivity contribution in [3.63, 3.8) is 0 Å². The number of carboxylic acid groups (broad SMARTS) is 2. The molecule has 0 saturated carbocycles. The molecule has 5 heteroatoms. The van der Waals surface area contributed by atoms with Crippen LogP contribution in [0.4, 0.5) is 0 Å². The van der Waals surface area contributed by atoms with Crippen molar-refractivity contribution in [2.75, 3.05) is 0 Å². The van der Waals surface area contributed by atoms with E-state index in [1.165, 1.54) is 0 Å². The van der Waals surface area contributed by atoms with Gasteiger partial charge in [0.05, 0.1) is 5.60 Å². The molecule has 0 aliphatic rings. The smallest absolute Gasteiger partial charge is 0.346 e. The maximum atomic E-state index is 10.3. The summed E-state index contributed by atoms with van der Waals surface area (Å²) in [6, 6.07) is 0. The molecule has 0 heterocycles. The zero-order chi connectivity index (χ0) is 10.6. The van der Waals surface area contributed by atoms with Crippen molar-refractivity contribution in [3.05, 3.63) is 11.8 Å². The first-order chi connectivity index (χ1) is 5.74. The molecule has 74 valence electrons. The Kier molecular flexibility index (Phi) is 3.47. The number of ether oxygens (including phenoxy) is 1. The zero-order valence-corrected chi connectivity index (χ0v) is 7.70. The van der Waals surface area contributed by atoms with Crippen molar-refractivity contribution in [1.29, 1.82) is 0 Å². The third-order valence-electron chi connectivity index (χ3n) is 0.991. The minimum atomic E-state index is -1.52. The lowest BCUT2D eigenvalue weighted by atomic mass is 10.2. The van der Waals surface area contributed by atoms with E-state index in [1.807, 2.05) is 0 Å². The van der Waals surface area contributed by atoms with E-state index in [2.05, 4.69) is 0 Å². The molecule has 0 radical (unpaired) electrons. The summed E-state index contributed by atoms with van der Waals surface area (Å²) in [7, 11) is 0. The normalized spacial score (nSPS) is 10.4. The Labute approximate surface area is 75.6 Å². The SMILES string of the molecule is CC(C)(C)OC=C(C(=O)O)C(=O)O. The third-order valence-corrected chi connectivity index (χ3v) is 0.991. The summed E-state index contributed by atoms with van der Waals surface area (Å²) < 4.78 is 4.89. The minimum absolute atomic E-state index is 0.601. The lowest BCUT2D eigenvalue weighted by molar-refractivity contribution is -0.140. The van der Waals surface area contributed by atoms with E-state index in [0.29, 0.717) is 0 Å². The first kappa shape index (κ1) is 11.5. The highest BCUT2D eigenvalue weighted by molar-refractivity contribution is 6.12. The highest BCUT2D eigenvalue weighted by Crippen LogP contribution is 2.09. The molecule has 0 bridgehead atoms. The Morgan fingerprint density at radius 3 is 1.77 bits per heavy atom. The summed E-state index contributed by atoms with van der Waals surface area (Å²) >= 11 is 0. The Balaban J connectivity index is 4.57. The summed E-state index contributed by atoms with van der Waals surface area (Å²) in [6.07, 6.45) is 0.741. The lowest BCUT2D eigenvalue weighted by Gasteiger charge is -2.17. The predicted molar refractivity (Wildman–Crippen MR) is 44.2 cm³/mol. The molecule has 0 rings (SSSR count). The van der Waals surface area contributed by atoms with E-state index in [9.17, 15) is 9.59 Å². The van der Waals surface area contributed by atoms with Crippen LogP contribution in [-0.4, -0.2) is 27.8 Å². The fourth-order valence-electron chi connectivity index (χ4n) is 0.428. The first-order valence-electron chi connectivity index (χ1n) is 3.58. The molecule has 0 aliphatic carbocycles. The van der Waals surface area contributed by atoms with Crippen LogP contribution in [0.15, 0.2) is 11.8 Å². The fraction of sp³-hybridized carbons (Fsp3) is 0.500. The van der Waals surface area contributed by atoms with Gasteiger partial charge in [-0.05, 0) is 20.8 Å². The van der Waals surface area contributed by atoms with Gasteiger partial charge in [0.1, 0.15) is 6.26 Å². The molecular weight excluding hydrogens is 176 g/mol. The van der Waals surface area contributed by atoms with Crippen LogP contribution in [0.3, 0.4) is 0 Å². The van der Waals surface area contributed by atoms with Gasteiger partial charge >= 0.3 is 11.9 Å². The van der Waals surface area contributed by atoms with Crippen LogP contribution in [0, 0.1) is 0 Å². The zero-order valence-electron chi connectivity index (χ0n) is 7.70. The number of rotatable bonds is 3. The predicted octanol–water partition coefficient (Wildman–Crippen LogP) is 0.855. The molecular formula is C8H12O5. The van der Waals surface area contributed by atoms with Crippen LogP contribution in [0.5, 0.6) is 0 Å². The number of hydrogen-bond acceptors (Lipinski definition) is 3. The maximum Gasteiger partial charge on any atom is 0.346 e. The number of hydrogen-bond donors (Lipinski definition) is 2. The van der Waals surface area contributed by atoms with Crippen LogP contribution < -0.4 is 0 Å². The molecule has 0 amide bonds. The van der Waals surface area contributed by atoms with Crippen molar-refractivity contribution in [3.8, 4) is 0 Å². The summed E-state index contributed by atoms with van der Waals surface area (Å²) in [4.78, 5) is 20.7. The fourth-order valence-corrected chi connectivity index (χ4v) is 0.428. The van der Waals surface area contributed by atoms with Crippen LogP contribution in [0.1, 0.15) is 20.8 Å². The van der Waals surface area contributed by atoms with Crippen molar-refractivity contribution < 1.29 is 24.5 Å². The summed E-state index contributed by atoms with van der Waals surface area (Å²) in [6.45, 7) is 5.06. The summed E-state index contributed by atoms with van der Waals surface area (Å²) in [5.74, 6) is -3.03. The second-order valence-corrected chi connectivity index (χ2v) is 3.37. The molecule has 0 aromatic rings. The summed E-state index contributed by atoms with van der Waals surface area (Å²) in [5, 5.41) is 16.8. The molecule has 13 heavy (non-hydrogen) atoms. The van der Waals surface area contributed by atoms with Gasteiger partial charge in [-0.2, -0.15) is 0 Å². The molecule has 0 unspecified atom stereocenters. The Morgan fingerprint density at radius 1 is 1.15 bits per heavy atom. The van der Waals surface area contributed by atoms with Crippen LogP contribution >= 0.6 is 0 Å². The lowest BCUT2D eigenvalue weighted by Crippen LogP contribution is -2.18. The van der Waals surface area contributed by atoms with Crippen LogP contribution in [0.2, 0.25) is 0 Å². The van der Waals surface area contributed by atoms with Gasteiger partial charge < -0.3 is 14.9 Å². The maximum absolute atomic E-state index is 10.3. The Bertz CT molecular complexity index is 230. The molecule has 0 atom stereocenters. The van der Waals surface area contributed by atoms with Gasteiger partial charge in [0.15, 0.2) is 5.57 Å². The molecule has 0 saturated heterocycles. The molecule has 2 N–H and O–H groups in total. The highest BCUT2D eigenvalue weighted by atomic mass is 16.5. The second kappa shape index (κ2) is 3.93. The Morgan fingerprint density at radius 2 is 1.54 bits per heavy atom. The van der Waals surface area contributed by atoms with E-state index in [-0.39, 0.29) is 0 Å². The standard InChI is InChI=1S/C8H12O5/c1-8(2,3)13-4-5(6(9)10)7(11)12/h4H,1-3H3,(H,9,10)(H,11,12). The highest BCUT2D eigenvalue weighted by Gasteiger charge is 2.18. The minimum Gasteiger partial charge on any atom is -0.495 e. The van der Waals surface area contributed by atoms with E-state index < -0.39 is 23.1 Å². The monoisotopic (exact) mass is 188 g/mol. The number of carbonyl (C=O) groups is 2. The largest absolute Gasteiger partial charge is 0.495 e.